The molecule has 0 saturated carbocycles. The molecular weight excluding hydrogens is 187 g/mol. The summed E-state index contributed by atoms with van der Waals surface area (Å²) in [5.41, 5.74) is 0.374. The van der Waals surface area contributed by atoms with Crippen LogP contribution < -0.4 is 5.46 Å². The Kier molecular flexibility index (Phi) is 3.65. The van der Waals surface area contributed by atoms with Crippen LogP contribution >= 0.6 is 0 Å². The van der Waals surface area contributed by atoms with Crippen LogP contribution in [0, 0.1) is 0 Å². The van der Waals surface area contributed by atoms with E-state index in [1.54, 1.807) is 24.3 Å². The monoisotopic (exact) mass is 198 g/mol. The number of rotatable bonds is 3. The minimum Gasteiger partial charge on any atom is -0.423 e. The van der Waals surface area contributed by atoms with Gasteiger partial charge in [-0.15, -0.1) is 0 Å². The Bertz CT molecular complexity index is 314. The predicted octanol–water partition coefficient (Wildman–Crippen LogP) is -0.506. The molecule has 0 aliphatic rings. The molecule has 1 unspecified atom stereocenters. The van der Waals surface area contributed by atoms with E-state index in [-0.39, 0.29) is 0 Å². The van der Waals surface area contributed by atoms with Crippen molar-refractivity contribution in [2.45, 2.75) is 11.8 Å². The van der Waals surface area contributed by atoms with Gasteiger partial charge in [-0.25, -0.2) is 0 Å². The maximum Gasteiger partial charge on any atom is 0.488 e. The molecule has 0 heterocycles. The van der Waals surface area contributed by atoms with Gasteiger partial charge in [-0.05, 0) is 17.6 Å². The molecule has 1 aromatic rings. The molecule has 0 spiro atoms. The van der Waals surface area contributed by atoms with Crippen molar-refractivity contribution >= 4 is 23.4 Å². The van der Waals surface area contributed by atoms with Gasteiger partial charge in [0.25, 0.3) is 0 Å². The van der Waals surface area contributed by atoms with Gasteiger partial charge in [-0.2, -0.15) is 0 Å². The Morgan fingerprint density at radius 3 is 2.69 bits per heavy atom. The average Bonchev–Trinajstić information content (AvgIpc) is 2.17. The molecule has 0 saturated heterocycles. The van der Waals surface area contributed by atoms with E-state index < -0.39 is 17.9 Å². The molecule has 0 fully saturated rings. The first-order chi connectivity index (χ1) is 6.15. The van der Waals surface area contributed by atoms with Gasteiger partial charge in [0.15, 0.2) is 0 Å². The Morgan fingerprint density at radius 1 is 1.46 bits per heavy atom. The summed E-state index contributed by atoms with van der Waals surface area (Å²) in [6.45, 7) is 1.82. The smallest absolute Gasteiger partial charge is 0.423 e. The fourth-order valence-corrected chi connectivity index (χ4v) is 1.81. The van der Waals surface area contributed by atoms with Crippen molar-refractivity contribution in [3.63, 3.8) is 0 Å². The zero-order chi connectivity index (χ0) is 9.84. The van der Waals surface area contributed by atoms with Gasteiger partial charge in [0.1, 0.15) is 0 Å². The third-order valence-corrected chi connectivity index (χ3v) is 2.99. The minimum absolute atomic E-state index is 0.374. The van der Waals surface area contributed by atoms with Crippen molar-refractivity contribution in [3.8, 4) is 0 Å². The average molecular weight is 198 g/mol. The predicted molar refractivity (Wildman–Crippen MR) is 53.2 cm³/mol. The van der Waals surface area contributed by atoms with Crippen molar-refractivity contribution in [2.24, 2.45) is 0 Å². The van der Waals surface area contributed by atoms with Crippen LogP contribution in [-0.4, -0.2) is 27.1 Å². The molecule has 13 heavy (non-hydrogen) atoms. The second-order valence-electron chi connectivity index (χ2n) is 2.58. The summed E-state index contributed by atoms with van der Waals surface area (Å²) in [5, 5.41) is 17.7. The highest BCUT2D eigenvalue weighted by molar-refractivity contribution is 7.85. The van der Waals surface area contributed by atoms with E-state index >= 15 is 0 Å². The van der Waals surface area contributed by atoms with Crippen molar-refractivity contribution in [1.29, 1.82) is 0 Å². The molecule has 1 atom stereocenters. The van der Waals surface area contributed by atoms with Crippen LogP contribution in [-0.2, 0) is 10.8 Å². The fourth-order valence-electron chi connectivity index (χ4n) is 0.983. The SMILES string of the molecule is CCS(=O)c1cccc(B(O)O)c1. The normalized spacial score (nSPS) is 12.5. The summed E-state index contributed by atoms with van der Waals surface area (Å²) in [6, 6.07) is 6.51. The van der Waals surface area contributed by atoms with E-state index in [0.717, 1.165) is 0 Å². The lowest BCUT2D eigenvalue weighted by Crippen LogP contribution is -2.29. The molecule has 2 N–H and O–H groups in total. The number of hydrogen-bond donors (Lipinski definition) is 2. The van der Waals surface area contributed by atoms with E-state index in [2.05, 4.69) is 0 Å². The van der Waals surface area contributed by atoms with Gasteiger partial charge in [0, 0.05) is 10.6 Å². The summed E-state index contributed by atoms with van der Waals surface area (Å²) in [4.78, 5) is 0.633. The van der Waals surface area contributed by atoms with Gasteiger partial charge in [0.2, 0.25) is 0 Å². The van der Waals surface area contributed by atoms with Crippen LogP contribution in [0.3, 0.4) is 0 Å². The number of hydrogen-bond acceptors (Lipinski definition) is 3. The maximum atomic E-state index is 11.3. The largest absolute Gasteiger partial charge is 0.488 e. The minimum atomic E-state index is -1.49. The lowest BCUT2D eigenvalue weighted by molar-refractivity contribution is 0.425. The highest BCUT2D eigenvalue weighted by atomic mass is 32.2. The van der Waals surface area contributed by atoms with Gasteiger partial charge in [-0.1, -0.05) is 19.1 Å². The van der Waals surface area contributed by atoms with E-state index in [1.807, 2.05) is 6.92 Å². The third-order valence-electron chi connectivity index (χ3n) is 1.68. The molecule has 3 nitrogen and oxygen atoms in total. The van der Waals surface area contributed by atoms with E-state index in [4.69, 9.17) is 10.0 Å². The van der Waals surface area contributed by atoms with Crippen molar-refractivity contribution < 1.29 is 14.3 Å². The molecule has 0 bridgehead atoms. The molecule has 70 valence electrons. The van der Waals surface area contributed by atoms with Crippen LogP contribution in [0.1, 0.15) is 6.92 Å². The summed E-state index contributed by atoms with van der Waals surface area (Å²) in [7, 11) is -2.53. The molecule has 1 rings (SSSR count). The molecule has 5 heteroatoms. The summed E-state index contributed by atoms with van der Waals surface area (Å²) in [6.07, 6.45) is 0. The highest BCUT2D eigenvalue weighted by Gasteiger charge is 2.11. The lowest BCUT2D eigenvalue weighted by atomic mass is 9.80. The Labute approximate surface area is 80.0 Å². The van der Waals surface area contributed by atoms with Crippen molar-refractivity contribution in [1.82, 2.24) is 0 Å². The molecule has 0 amide bonds. The zero-order valence-electron chi connectivity index (χ0n) is 7.30. The van der Waals surface area contributed by atoms with E-state index in [0.29, 0.717) is 16.1 Å². The Hall–Kier alpha value is -0.645. The molecule has 1 aromatic carbocycles. The molecule has 0 aliphatic carbocycles. The molecule has 0 aromatic heterocycles. The quantitative estimate of drug-likeness (QED) is 0.643. The molecular formula is C8H11BO3S. The Balaban J connectivity index is 2.98. The van der Waals surface area contributed by atoms with Crippen LogP contribution in [0.25, 0.3) is 0 Å². The standard InChI is InChI=1S/C8H11BO3S/c1-2-13(12)8-5-3-4-7(6-8)9(10)11/h3-6,10-11H,2H2,1H3. The molecule has 0 radical (unpaired) electrons. The van der Waals surface area contributed by atoms with Gasteiger partial charge >= 0.3 is 7.12 Å². The van der Waals surface area contributed by atoms with Gasteiger partial charge < -0.3 is 10.0 Å². The fraction of sp³-hybridized carbons (Fsp3) is 0.250. The summed E-state index contributed by atoms with van der Waals surface area (Å²) in [5.74, 6) is 0.533. The number of benzene rings is 1. The van der Waals surface area contributed by atoms with E-state index in [1.165, 1.54) is 0 Å². The topological polar surface area (TPSA) is 57.5 Å². The van der Waals surface area contributed by atoms with Crippen molar-refractivity contribution in [3.05, 3.63) is 24.3 Å². The summed E-state index contributed by atoms with van der Waals surface area (Å²) < 4.78 is 11.3. The van der Waals surface area contributed by atoms with Crippen LogP contribution in [0.5, 0.6) is 0 Å². The van der Waals surface area contributed by atoms with Gasteiger partial charge in [0.05, 0.1) is 10.8 Å². The second-order valence-corrected chi connectivity index (χ2v) is 4.32. The first kappa shape index (κ1) is 10.4. The summed E-state index contributed by atoms with van der Waals surface area (Å²) >= 11 is 0. The molecule has 0 aliphatic heterocycles. The zero-order valence-corrected chi connectivity index (χ0v) is 8.12. The highest BCUT2D eigenvalue weighted by Crippen LogP contribution is 2.03. The first-order valence-electron chi connectivity index (χ1n) is 3.99. The lowest BCUT2D eigenvalue weighted by Gasteiger charge is -2.02. The van der Waals surface area contributed by atoms with Crippen LogP contribution in [0.4, 0.5) is 0 Å². The first-order valence-corrected chi connectivity index (χ1v) is 5.31. The van der Waals surface area contributed by atoms with Crippen LogP contribution in [0.2, 0.25) is 0 Å². The van der Waals surface area contributed by atoms with Gasteiger partial charge in [-0.3, -0.25) is 4.21 Å². The second kappa shape index (κ2) is 4.55. The maximum absolute atomic E-state index is 11.3. The Morgan fingerprint density at radius 2 is 2.15 bits per heavy atom. The van der Waals surface area contributed by atoms with Crippen LogP contribution in [0.15, 0.2) is 29.2 Å². The van der Waals surface area contributed by atoms with E-state index in [9.17, 15) is 4.21 Å². The van der Waals surface area contributed by atoms with Crippen molar-refractivity contribution in [2.75, 3.05) is 5.75 Å². The third kappa shape index (κ3) is 2.65.